The van der Waals surface area contributed by atoms with Gasteiger partial charge in [0.2, 0.25) is 0 Å². The second-order valence-corrected chi connectivity index (χ2v) is 3.84. The summed E-state index contributed by atoms with van der Waals surface area (Å²) in [7, 11) is 0. The first-order valence-corrected chi connectivity index (χ1v) is 7.29. The summed E-state index contributed by atoms with van der Waals surface area (Å²) in [5.74, 6) is 0.883. The summed E-state index contributed by atoms with van der Waals surface area (Å²) >= 11 is 0. The van der Waals surface area contributed by atoms with Crippen molar-refractivity contribution in [2.45, 2.75) is 60.8 Å². The monoisotopic (exact) mass is 261 g/mol. The summed E-state index contributed by atoms with van der Waals surface area (Å²) in [6.45, 7) is 12.2. The molecule has 0 aromatic carbocycles. The molecule has 0 aliphatic carbocycles. The van der Waals surface area contributed by atoms with Crippen molar-refractivity contribution >= 4 is 18.0 Å². The lowest BCUT2D eigenvalue weighted by atomic mass is 10.2. The van der Waals surface area contributed by atoms with E-state index < -0.39 is 0 Å². The van der Waals surface area contributed by atoms with Gasteiger partial charge in [0.15, 0.2) is 0 Å². The van der Waals surface area contributed by atoms with Crippen molar-refractivity contribution in [1.82, 2.24) is 9.97 Å². The molecular formula is C16H27N3. The average molecular weight is 261 g/mol. The molecule has 106 valence electrons. The Kier molecular flexibility index (Phi) is 9.59. The van der Waals surface area contributed by atoms with E-state index in [1.807, 2.05) is 33.1 Å². The van der Waals surface area contributed by atoms with Crippen LogP contribution in [-0.2, 0) is 6.42 Å². The van der Waals surface area contributed by atoms with Gasteiger partial charge in [0.25, 0.3) is 0 Å². The van der Waals surface area contributed by atoms with Crippen LogP contribution in [0.25, 0.3) is 6.08 Å². The predicted octanol–water partition coefficient (Wildman–Crippen LogP) is 4.91. The number of aromatic nitrogens is 2. The highest BCUT2D eigenvalue weighted by Gasteiger charge is 2.07. The van der Waals surface area contributed by atoms with Crippen molar-refractivity contribution in [3.8, 4) is 0 Å². The van der Waals surface area contributed by atoms with Gasteiger partial charge in [-0.05, 0) is 25.8 Å². The summed E-state index contributed by atoms with van der Waals surface area (Å²) in [6, 6.07) is 0. The van der Waals surface area contributed by atoms with Gasteiger partial charge in [-0.3, -0.25) is 4.99 Å². The van der Waals surface area contributed by atoms with Crippen molar-refractivity contribution in [2.75, 3.05) is 0 Å². The SMILES string of the molecule is CC.CCC=Nc1c(C)nc(CC)nc1/C=C\CC. The zero-order chi connectivity index (χ0) is 14.7. The Bertz CT molecular complexity index is 420. The lowest BCUT2D eigenvalue weighted by Gasteiger charge is -2.06. The van der Waals surface area contributed by atoms with Crippen molar-refractivity contribution in [3.63, 3.8) is 0 Å². The lowest BCUT2D eigenvalue weighted by molar-refractivity contribution is 0.911. The zero-order valence-electron chi connectivity index (χ0n) is 13.2. The number of hydrogen-bond acceptors (Lipinski definition) is 3. The molecule has 0 saturated carbocycles. The van der Waals surface area contributed by atoms with Crippen LogP contribution in [0.1, 0.15) is 64.7 Å². The molecule has 0 aliphatic rings. The van der Waals surface area contributed by atoms with Crippen LogP contribution >= 0.6 is 0 Å². The highest BCUT2D eigenvalue weighted by Crippen LogP contribution is 2.22. The molecule has 0 unspecified atom stereocenters. The van der Waals surface area contributed by atoms with E-state index in [9.17, 15) is 0 Å². The van der Waals surface area contributed by atoms with E-state index >= 15 is 0 Å². The molecule has 0 bridgehead atoms. The van der Waals surface area contributed by atoms with Crippen LogP contribution in [0.15, 0.2) is 11.1 Å². The van der Waals surface area contributed by atoms with Crippen molar-refractivity contribution in [1.29, 1.82) is 0 Å². The van der Waals surface area contributed by atoms with E-state index in [1.54, 1.807) is 0 Å². The number of rotatable bonds is 5. The average Bonchev–Trinajstić information content (AvgIpc) is 2.45. The molecular weight excluding hydrogens is 234 g/mol. The van der Waals surface area contributed by atoms with Crippen molar-refractivity contribution in [2.24, 2.45) is 4.99 Å². The molecule has 0 fully saturated rings. The van der Waals surface area contributed by atoms with Gasteiger partial charge in [-0.2, -0.15) is 0 Å². The molecule has 0 N–H and O–H groups in total. The highest BCUT2D eigenvalue weighted by atomic mass is 14.9. The molecule has 1 aromatic heterocycles. The van der Waals surface area contributed by atoms with Crippen LogP contribution in [0.5, 0.6) is 0 Å². The molecule has 1 heterocycles. The summed E-state index contributed by atoms with van der Waals surface area (Å²) in [4.78, 5) is 13.4. The minimum absolute atomic E-state index is 0.853. The second-order valence-electron chi connectivity index (χ2n) is 3.84. The second kappa shape index (κ2) is 10.4. The minimum Gasteiger partial charge on any atom is -0.257 e. The summed E-state index contributed by atoms with van der Waals surface area (Å²) in [5, 5.41) is 0. The Morgan fingerprint density at radius 2 is 1.74 bits per heavy atom. The Morgan fingerprint density at radius 1 is 1.05 bits per heavy atom. The van der Waals surface area contributed by atoms with Gasteiger partial charge in [0.1, 0.15) is 11.5 Å². The summed E-state index contributed by atoms with van der Waals surface area (Å²) < 4.78 is 0. The van der Waals surface area contributed by atoms with Crippen molar-refractivity contribution < 1.29 is 0 Å². The first-order valence-electron chi connectivity index (χ1n) is 7.29. The van der Waals surface area contributed by atoms with Crippen LogP contribution < -0.4 is 0 Å². The molecule has 0 aliphatic heterocycles. The molecule has 3 heteroatoms. The number of aliphatic imine (C=N–C) groups is 1. The van der Waals surface area contributed by atoms with Crippen LogP contribution in [-0.4, -0.2) is 16.2 Å². The first-order chi connectivity index (χ1) is 9.22. The minimum atomic E-state index is 0.853. The van der Waals surface area contributed by atoms with Gasteiger partial charge in [0, 0.05) is 12.6 Å². The van der Waals surface area contributed by atoms with Crippen LogP contribution in [0.4, 0.5) is 5.69 Å². The van der Waals surface area contributed by atoms with Crippen LogP contribution in [0.3, 0.4) is 0 Å². The van der Waals surface area contributed by atoms with E-state index in [1.165, 1.54) is 0 Å². The fraction of sp³-hybridized carbons (Fsp3) is 0.562. The molecule has 0 spiro atoms. The fourth-order valence-electron chi connectivity index (χ4n) is 1.49. The molecule has 0 atom stereocenters. The van der Waals surface area contributed by atoms with Crippen LogP contribution in [0, 0.1) is 6.92 Å². The molecule has 0 radical (unpaired) electrons. The number of hydrogen-bond donors (Lipinski definition) is 0. The van der Waals surface area contributed by atoms with Gasteiger partial charge < -0.3 is 0 Å². The number of allylic oxidation sites excluding steroid dienone is 1. The molecule has 0 amide bonds. The molecule has 0 saturated heterocycles. The largest absolute Gasteiger partial charge is 0.257 e. The van der Waals surface area contributed by atoms with Gasteiger partial charge in [0.05, 0.1) is 11.4 Å². The van der Waals surface area contributed by atoms with E-state index in [2.05, 4.69) is 41.8 Å². The molecule has 19 heavy (non-hydrogen) atoms. The van der Waals surface area contributed by atoms with E-state index in [4.69, 9.17) is 0 Å². The maximum Gasteiger partial charge on any atom is 0.129 e. The van der Waals surface area contributed by atoms with E-state index in [0.29, 0.717) is 0 Å². The fourth-order valence-corrected chi connectivity index (χ4v) is 1.49. The van der Waals surface area contributed by atoms with Gasteiger partial charge in [-0.25, -0.2) is 9.97 Å². The highest BCUT2D eigenvalue weighted by molar-refractivity contribution is 5.69. The normalized spacial score (nSPS) is 10.8. The Morgan fingerprint density at radius 3 is 2.26 bits per heavy atom. The Hall–Kier alpha value is -1.51. The summed E-state index contributed by atoms with van der Waals surface area (Å²) in [6.07, 6.45) is 8.82. The third kappa shape index (κ3) is 5.77. The smallest absolute Gasteiger partial charge is 0.129 e. The quantitative estimate of drug-likeness (QED) is 0.706. The van der Waals surface area contributed by atoms with Gasteiger partial charge in [-0.15, -0.1) is 0 Å². The Balaban J connectivity index is 0.00000154. The van der Waals surface area contributed by atoms with Crippen molar-refractivity contribution in [3.05, 3.63) is 23.3 Å². The third-order valence-electron chi connectivity index (χ3n) is 2.36. The standard InChI is InChI=1S/C14H21N3.C2H6/c1-5-8-9-12-14(15-10-6-2)11(4)16-13(7-3)17-12;1-2/h8-10H,5-7H2,1-4H3;1-2H3/b9-8-,15-10?;. The zero-order valence-corrected chi connectivity index (χ0v) is 13.2. The molecule has 1 aromatic rings. The Labute approximate surface area is 117 Å². The van der Waals surface area contributed by atoms with E-state index in [0.717, 1.165) is 42.2 Å². The number of nitrogens with zero attached hydrogens (tertiary/aromatic N) is 3. The third-order valence-corrected chi connectivity index (χ3v) is 2.36. The molecule has 1 rings (SSSR count). The lowest BCUT2D eigenvalue weighted by Crippen LogP contribution is -1.98. The maximum atomic E-state index is 4.53. The predicted molar refractivity (Wildman–Crippen MR) is 85.3 cm³/mol. The van der Waals surface area contributed by atoms with E-state index in [-0.39, 0.29) is 0 Å². The summed E-state index contributed by atoms with van der Waals surface area (Å²) in [5.41, 5.74) is 2.78. The maximum absolute atomic E-state index is 4.53. The van der Waals surface area contributed by atoms with Gasteiger partial charge >= 0.3 is 0 Å². The topological polar surface area (TPSA) is 38.1 Å². The van der Waals surface area contributed by atoms with Crippen LogP contribution in [0.2, 0.25) is 0 Å². The van der Waals surface area contributed by atoms with Gasteiger partial charge in [-0.1, -0.05) is 40.7 Å². The molecule has 3 nitrogen and oxygen atoms in total. The number of aryl methyl sites for hydroxylation is 2. The first kappa shape index (κ1) is 17.5.